The summed E-state index contributed by atoms with van der Waals surface area (Å²) in [5.41, 5.74) is 1.62. The molecule has 0 amide bonds. The molecule has 2 heteroatoms. The maximum Gasteiger partial charge on any atom is 0.0766 e. The Morgan fingerprint density at radius 3 is 2.94 bits per heavy atom. The van der Waals surface area contributed by atoms with Gasteiger partial charge in [0, 0.05) is 6.61 Å². The number of hydrogen-bond acceptors (Lipinski definition) is 2. The quantitative estimate of drug-likeness (QED) is 0.740. The molecule has 17 heavy (non-hydrogen) atoms. The van der Waals surface area contributed by atoms with Gasteiger partial charge in [-0.1, -0.05) is 18.6 Å². The lowest BCUT2D eigenvalue weighted by Gasteiger charge is -2.34. The van der Waals surface area contributed by atoms with Crippen LogP contribution in [0.2, 0.25) is 0 Å². The summed E-state index contributed by atoms with van der Waals surface area (Å²) in [5.74, 6) is 0. The molecule has 2 rings (SSSR count). The first-order valence-corrected chi connectivity index (χ1v) is 7.45. The van der Waals surface area contributed by atoms with Crippen LogP contribution in [0.1, 0.15) is 58.3 Å². The van der Waals surface area contributed by atoms with Crippen molar-refractivity contribution >= 4 is 0 Å². The van der Waals surface area contributed by atoms with E-state index in [1.807, 2.05) is 0 Å². The second kappa shape index (κ2) is 7.17. The molecule has 1 fully saturated rings. The molecule has 0 radical (unpaired) electrons. The molecule has 0 bridgehead atoms. The Morgan fingerprint density at radius 2 is 2.29 bits per heavy atom. The van der Waals surface area contributed by atoms with E-state index in [1.165, 1.54) is 51.4 Å². The Labute approximate surface area is 106 Å². The number of nitrogens with one attached hydrogen (secondary N) is 1. The van der Waals surface area contributed by atoms with Crippen molar-refractivity contribution in [2.75, 3.05) is 13.2 Å². The smallest absolute Gasteiger partial charge is 0.0766 e. The lowest BCUT2D eigenvalue weighted by Crippen LogP contribution is -2.45. The average molecular weight is 237 g/mol. The van der Waals surface area contributed by atoms with Crippen LogP contribution in [0.25, 0.3) is 0 Å². The van der Waals surface area contributed by atoms with Gasteiger partial charge in [-0.25, -0.2) is 0 Å². The fourth-order valence-electron chi connectivity index (χ4n) is 2.98. The van der Waals surface area contributed by atoms with Crippen molar-refractivity contribution in [3.8, 4) is 0 Å². The van der Waals surface area contributed by atoms with Crippen LogP contribution in [-0.2, 0) is 4.74 Å². The van der Waals surface area contributed by atoms with E-state index in [2.05, 4.69) is 18.3 Å². The molecule has 0 aromatic heterocycles. The van der Waals surface area contributed by atoms with E-state index in [1.54, 1.807) is 5.57 Å². The average Bonchev–Trinajstić information content (AvgIpc) is 2.42. The molecule has 2 atom stereocenters. The lowest BCUT2D eigenvalue weighted by molar-refractivity contribution is -0.000792. The van der Waals surface area contributed by atoms with Gasteiger partial charge in [-0.2, -0.15) is 0 Å². The molecule has 1 aliphatic carbocycles. The summed E-state index contributed by atoms with van der Waals surface area (Å²) in [6.07, 6.45) is 13.2. The zero-order valence-corrected chi connectivity index (χ0v) is 11.2. The van der Waals surface area contributed by atoms with Crippen molar-refractivity contribution in [3.63, 3.8) is 0 Å². The first-order valence-electron chi connectivity index (χ1n) is 7.45. The van der Waals surface area contributed by atoms with E-state index >= 15 is 0 Å². The highest BCUT2D eigenvalue weighted by molar-refractivity contribution is 5.15. The van der Waals surface area contributed by atoms with Crippen LogP contribution in [0, 0.1) is 0 Å². The fraction of sp³-hybridized carbons (Fsp3) is 0.867. The van der Waals surface area contributed by atoms with Crippen LogP contribution in [0.5, 0.6) is 0 Å². The van der Waals surface area contributed by atoms with Crippen LogP contribution in [0.3, 0.4) is 0 Å². The van der Waals surface area contributed by atoms with Gasteiger partial charge in [0.25, 0.3) is 0 Å². The Hall–Kier alpha value is -0.340. The lowest BCUT2D eigenvalue weighted by atomic mass is 9.88. The first-order chi connectivity index (χ1) is 8.42. The highest BCUT2D eigenvalue weighted by Gasteiger charge is 2.27. The standard InChI is InChI=1S/C15H27NO/c1-2-11-16-15(13-8-4-3-5-9-13)14-10-6-7-12-17-14/h8,14-16H,2-7,9-12H2,1H3. The fourth-order valence-corrected chi connectivity index (χ4v) is 2.98. The maximum atomic E-state index is 5.99. The zero-order chi connectivity index (χ0) is 11.9. The highest BCUT2D eigenvalue weighted by atomic mass is 16.5. The van der Waals surface area contributed by atoms with Gasteiger partial charge in [-0.15, -0.1) is 0 Å². The Kier molecular flexibility index (Phi) is 5.53. The number of ether oxygens (including phenoxy) is 1. The molecule has 2 aliphatic rings. The molecule has 0 saturated carbocycles. The molecule has 2 nitrogen and oxygen atoms in total. The molecule has 0 aromatic carbocycles. The molecular formula is C15H27NO. The molecule has 1 N–H and O–H groups in total. The second-order valence-corrected chi connectivity index (χ2v) is 5.36. The molecule has 2 unspecified atom stereocenters. The van der Waals surface area contributed by atoms with Gasteiger partial charge in [0.15, 0.2) is 0 Å². The Morgan fingerprint density at radius 1 is 1.35 bits per heavy atom. The topological polar surface area (TPSA) is 21.3 Å². The van der Waals surface area contributed by atoms with Crippen molar-refractivity contribution in [2.45, 2.75) is 70.4 Å². The highest BCUT2D eigenvalue weighted by Crippen LogP contribution is 2.26. The van der Waals surface area contributed by atoms with E-state index in [-0.39, 0.29) is 0 Å². The van der Waals surface area contributed by atoms with Crippen LogP contribution < -0.4 is 5.32 Å². The van der Waals surface area contributed by atoms with Crippen LogP contribution in [0.15, 0.2) is 11.6 Å². The summed E-state index contributed by atoms with van der Waals surface area (Å²) in [7, 11) is 0. The van der Waals surface area contributed by atoms with E-state index < -0.39 is 0 Å². The molecule has 1 aliphatic heterocycles. The molecule has 1 heterocycles. The van der Waals surface area contributed by atoms with E-state index in [4.69, 9.17) is 4.74 Å². The van der Waals surface area contributed by atoms with Gasteiger partial charge in [-0.05, 0) is 57.9 Å². The Balaban J connectivity index is 1.97. The minimum Gasteiger partial charge on any atom is -0.376 e. The van der Waals surface area contributed by atoms with Crippen molar-refractivity contribution in [2.24, 2.45) is 0 Å². The normalized spacial score (nSPS) is 27.6. The molecule has 0 aromatic rings. The zero-order valence-electron chi connectivity index (χ0n) is 11.2. The monoisotopic (exact) mass is 237 g/mol. The van der Waals surface area contributed by atoms with Gasteiger partial charge < -0.3 is 10.1 Å². The van der Waals surface area contributed by atoms with Crippen molar-refractivity contribution in [3.05, 3.63) is 11.6 Å². The summed E-state index contributed by atoms with van der Waals surface area (Å²) < 4.78 is 5.99. The molecule has 98 valence electrons. The molecular weight excluding hydrogens is 210 g/mol. The van der Waals surface area contributed by atoms with E-state index in [0.29, 0.717) is 12.1 Å². The van der Waals surface area contributed by atoms with Crippen molar-refractivity contribution in [1.29, 1.82) is 0 Å². The predicted octanol–water partition coefficient (Wildman–Crippen LogP) is 3.42. The Bertz CT molecular complexity index is 243. The summed E-state index contributed by atoms with van der Waals surface area (Å²) >= 11 is 0. The minimum absolute atomic E-state index is 0.430. The van der Waals surface area contributed by atoms with Gasteiger partial charge in [0.1, 0.15) is 0 Å². The first kappa shape index (κ1) is 13.1. The maximum absolute atomic E-state index is 5.99. The number of hydrogen-bond donors (Lipinski definition) is 1. The third kappa shape index (κ3) is 3.82. The van der Waals surface area contributed by atoms with Crippen LogP contribution >= 0.6 is 0 Å². The van der Waals surface area contributed by atoms with Gasteiger partial charge in [0.2, 0.25) is 0 Å². The summed E-state index contributed by atoms with van der Waals surface area (Å²) in [6, 6.07) is 0.496. The van der Waals surface area contributed by atoms with Gasteiger partial charge in [-0.3, -0.25) is 0 Å². The third-order valence-corrected chi connectivity index (χ3v) is 3.93. The number of rotatable bonds is 5. The largest absolute Gasteiger partial charge is 0.376 e. The van der Waals surface area contributed by atoms with Gasteiger partial charge >= 0.3 is 0 Å². The predicted molar refractivity (Wildman–Crippen MR) is 72.2 cm³/mol. The number of allylic oxidation sites excluding steroid dienone is 1. The van der Waals surface area contributed by atoms with Crippen molar-refractivity contribution in [1.82, 2.24) is 5.32 Å². The van der Waals surface area contributed by atoms with E-state index in [0.717, 1.165) is 13.2 Å². The SMILES string of the molecule is CCCNC(C1=CCCCC1)C1CCCCO1. The summed E-state index contributed by atoms with van der Waals surface area (Å²) in [6.45, 7) is 4.31. The van der Waals surface area contributed by atoms with Crippen LogP contribution in [-0.4, -0.2) is 25.3 Å². The van der Waals surface area contributed by atoms with Crippen molar-refractivity contribution < 1.29 is 4.74 Å². The van der Waals surface area contributed by atoms with Gasteiger partial charge in [0.05, 0.1) is 12.1 Å². The molecule has 1 saturated heterocycles. The van der Waals surface area contributed by atoms with E-state index in [9.17, 15) is 0 Å². The second-order valence-electron chi connectivity index (χ2n) is 5.36. The van der Waals surface area contributed by atoms with Crippen LogP contribution in [0.4, 0.5) is 0 Å². The third-order valence-electron chi connectivity index (χ3n) is 3.93. The summed E-state index contributed by atoms with van der Waals surface area (Å²) in [5, 5.41) is 3.72. The minimum atomic E-state index is 0.430. The molecule has 0 spiro atoms. The summed E-state index contributed by atoms with van der Waals surface area (Å²) in [4.78, 5) is 0.